The summed E-state index contributed by atoms with van der Waals surface area (Å²) in [5.41, 5.74) is 0.866. The van der Waals surface area contributed by atoms with E-state index in [4.69, 9.17) is 19.3 Å². The Morgan fingerprint density at radius 2 is 1.85 bits per heavy atom. The van der Waals surface area contributed by atoms with Crippen LogP contribution in [0.3, 0.4) is 0 Å². The molecule has 2 rings (SSSR count). The van der Waals surface area contributed by atoms with Gasteiger partial charge in [-0.3, -0.25) is 4.79 Å². The predicted octanol–water partition coefficient (Wildman–Crippen LogP) is 1.77. The van der Waals surface area contributed by atoms with Crippen LogP contribution in [-0.4, -0.2) is 56.6 Å². The van der Waals surface area contributed by atoms with Crippen molar-refractivity contribution in [3.8, 4) is 11.5 Å². The SMILES string of the molecule is COc1cccc(OC)c1C(=O)Nc1ccc(NCCOCCO)nc1. The number of rotatable bonds is 10. The lowest BCUT2D eigenvalue weighted by Crippen LogP contribution is -2.15. The van der Waals surface area contributed by atoms with Crippen molar-refractivity contribution in [2.24, 2.45) is 0 Å². The van der Waals surface area contributed by atoms with E-state index >= 15 is 0 Å². The minimum Gasteiger partial charge on any atom is -0.496 e. The molecule has 0 aliphatic rings. The van der Waals surface area contributed by atoms with Gasteiger partial charge in [0, 0.05) is 6.54 Å². The minimum atomic E-state index is -0.348. The zero-order valence-corrected chi connectivity index (χ0v) is 14.8. The number of aliphatic hydroxyl groups is 1. The molecule has 1 heterocycles. The van der Waals surface area contributed by atoms with Gasteiger partial charge in [0.05, 0.1) is 45.9 Å². The Labute approximate surface area is 152 Å². The first-order chi connectivity index (χ1) is 12.7. The molecule has 0 atom stereocenters. The maximum Gasteiger partial charge on any atom is 0.263 e. The largest absolute Gasteiger partial charge is 0.496 e. The molecule has 3 N–H and O–H groups in total. The summed E-state index contributed by atoms with van der Waals surface area (Å²) < 4.78 is 15.6. The molecular weight excluding hydrogens is 338 g/mol. The summed E-state index contributed by atoms with van der Waals surface area (Å²) in [6, 6.07) is 8.63. The van der Waals surface area contributed by atoms with Crippen LogP contribution < -0.4 is 20.1 Å². The lowest BCUT2D eigenvalue weighted by atomic mass is 10.1. The van der Waals surface area contributed by atoms with Crippen LogP contribution in [0.5, 0.6) is 11.5 Å². The molecule has 1 aromatic heterocycles. The van der Waals surface area contributed by atoms with Crippen LogP contribution >= 0.6 is 0 Å². The Bertz CT molecular complexity index is 684. The molecule has 0 spiro atoms. The van der Waals surface area contributed by atoms with Crippen molar-refractivity contribution in [3.05, 3.63) is 42.1 Å². The standard InChI is InChI=1S/C18H23N3O5/c1-24-14-4-3-5-15(25-2)17(14)18(23)21-13-6-7-16(20-12-13)19-8-10-26-11-9-22/h3-7,12,22H,8-11H2,1-2H3,(H,19,20)(H,21,23). The van der Waals surface area contributed by atoms with Crippen molar-refractivity contribution < 1.29 is 24.1 Å². The number of aromatic nitrogens is 1. The lowest BCUT2D eigenvalue weighted by molar-refractivity contribution is 0.0992. The molecule has 0 fully saturated rings. The fraction of sp³-hybridized carbons (Fsp3) is 0.333. The van der Waals surface area contributed by atoms with Crippen LogP contribution in [0.4, 0.5) is 11.5 Å². The number of nitrogens with zero attached hydrogens (tertiary/aromatic N) is 1. The summed E-state index contributed by atoms with van der Waals surface area (Å²) in [4.78, 5) is 16.8. The average Bonchev–Trinajstić information content (AvgIpc) is 2.68. The number of aliphatic hydroxyl groups excluding tert-OH is 1. The maximum absolute atomic E-state index is 12.6. The Balaban J connectivity index is 1.98. The molecule has 8 heteroatoms. The average molecular weight is 361 g/mol. The molecule has 0 aliphatic heterocycles. The van der Waals surface area contributed by atoms with Crippen LogP contribution in [0.1, 0.15) is 10.4 Å². The van der Waals surface area contributed by atoms with Gasteiger partial charge in [-0.1, -0.05) is 6.07 Å². The maximum atomic E-state index is 12.6. The highest BCUT2D eigenvalue weighted by molar-refractivity contribution is 6.08. The molecule has 0 unspecified atom stereocenters. The second kappa shape index (κ2) is 10.2. The number of nitrogens with one attached hydrogen (secondary N) is 2. The number of amides is 1. The molecule has 140 valence electrons. The summed E-state index contributed by atoms with van der Waals surface area (Å²) in [6.45, 7) is 1.35. The molecule has 1 amide bonds. The van der Waals surface area contributed by atoms with E-state index in [1.807, 2.05) is 0 Å². The van der Waals surface area contributed by atoms with E-state index < -0.39 is 0 Å². The summed E-state index contributed by atoms with van der Waals surface area (Å²) in [5.74, 6) is 1.16. The molecule has 26 heavy (non-hydrogen) atoms. The number of carbonyl (C=O) groups excluding carboxylic acids is 1. The van der Waals surface area contributed by atoms with Crippen LogP contribution in [0.2, 0.25) is 0 Å². The van der Waals surface area contributed by atoms with Gasteiger partial charge in [0.1, 0.15) is 22.9 Å². The van der Waals surface area contributed by atoms with E-state index in [1.165, 1.54) is 14.2 Å². The Kier molecular flexibility index (Phi) is 7.66. The first kappa shape index (κ1) is 19.5. The van der Waals surface area contributed by atoms with Crippen molar-refractivity contribution in [1.29, 1.82) is 0 Å². The van der Waals surface area contributed by atoms with Gasteiger partial charge in [0.2, 0.25) is 0 Å². The first-order valence-electron chi connectivity index (χ1n) is 8.10. The quantitative estimate of drug-likeness (QED) is 0.554. The third kappa shape index (κ3) is 5.33. The van der Waals surface area contributed by atoms with Crippen molar-refractivity contribution in [2.75, 3.05) is 51.2 Å². The second-order valence-corrected chi connectivity index (χ2v) is 5.19. The monoisotopic (exact) mass is 361 g/mol. The summed E-state index contributed by atoms with van der Waals surface area (Å²) in [7, 11) is 3.00. The van der Waals surface area contributed by atoms with E-state index in [0.29, 0.717) is 48.3 Å². The van der Waals surface area contributed by atoms with Crippen LogP contribution in [-0.2, 0) is 4.74 Å². The van der Waals surface area contributed by atoms with E-state index in [2.05, 4.69) is 15.6 Å². The van der Waals surface area contributed by atoms with Crippen LogP contribution in [0, 0.1) is 0 Å². The second-order valence-electron chi connectivity index (χ2n) is 5.19. The number of hydrogen-bond donors (Lipinski definition) is 3. The van der Waals surface area contributed by atoms with Crippen molar-refractivity contribution in [1.82, 2.24) is 4.98 Å². The zero-order chi connectivity index (χ0) is 18.8. The number of hydrogen-bond acceptors (Lipinski definition) is 7. The summed E-state index contributed by atoms with van der Waals surface area (Å²) in [6.07, 6.45) is 1.55. The zero-order valence-electron chi connectivity index (χ0n) is 14.8. The highest BCUT2D eigenvalue weighted by atomic mass is 16.5. The van der Waals surface area contributed by atoms with Gasteiger partial charge in [0.15, 0.2) is 0 Å². The normalized spacial score (nSPS) is 10.3. The Hall–Kier alpha value is -2.84. The fourth-order valence-electron chi connectivity index (χ4n) is 2.26. The van der Waals surface area contributed by atoms with Gasteiger partial charge in [0.25, 0.3) is 5.91 Å². The Morgan fingerprint density at radius 3 is 2.42 bits per heavy atom. The van der Waals surface area contributed by atoms with E-state index in [1.54, 1.807) is 36.5 Å². The molecule has 0 saturated heterocycles. The number of carbonyl (C=O) groups is 1. The number of ether oxygens (including phenoxy) is 3. The topological polar surface area (TPSA) is 102 Å². The predicted molar refractivity (Wildman–Crippen MR) is 98.1 cm³/mol. The molecular formula is C18H23N3O5. The third-order valence-electron chi connectivity index (χ3n) is 3.46. The lowest BCUT2D eigenvalue weighted by Gasteiger charge is -2.13. The van der Waals surface area contributed by atoms with Gasteiger partial charge in [-0.15, -0.1) is 0 Å². The van der Waals surface area contributed by atoms with Gasteiger partial charge in [-0.05, 0) is 24.3 Å². The van der Waals surface area contributed by atoms with E-state index in [-0.39, 0.29) is 12.5 Å². The van der Waals surface area contributed by atoms with Gasteiger partial charge >= 0.3 is 0 Å². The third-order valence-corrected chi connectivity index (χ3v) is 3.46. The first-order valence-corrected chi connectivity index (χ1v) is 8.10. The summed E-state index contributed by atoms with van der Waals surface area (Å²) >= 11 is 0. The molecule has 0 aliphatic carbocycles. The molecule has 0 saturated carbocycles. The van der Waals surface area contributed by atoms with Crippen molar-refractivity contribution in [2.45, 2.75) is 0 Å². The number of methoxy groups -OCH3 is 2. The van der Waals surface area contributed by atoms with E-state index in [9.17, 15) is 4.79 Å². The van der Waals surface area contributed by atoms with Crippen LogP contribution in [0.25, 0.3) is 0 Å². The summed E-state index contributed by atoms with van der Waals surface area (Å²) in [5, 5.41) is 14.5. The molecule has 1 aromatic carbocycles. The van der Waals surface area contributed by atoms with Gasteiger partial charge in [-0.25, -0.2) is 4.98 Å². The number of anilines is 2. The van der Waals surface area contributed by atoms with Crippen molar-refractivity contribution in [3.63, 3.8) is 0 Å². The highest BCUT2D eigenvalue weighted by Gasteiger charge is 2.18. The smallest absolute Gasteiger partial charge is 0.263 e. The van der Waals surface area contributed by atoms with E-state index in [0.717, 1.165) is 0 Å². The highest BCUT2D eigenvalue weighted by Crippen LogP contribution is 2.29. The van der Waals surface area contributed by atoms with Gasteiger partial charge < -0.3 is 30.0 Å². The minimum absolute atomic E-state index is 0.00360. The van der Waals surface area contributed by atoms with Crippen molar-refractivity contribution >= 4 is 17.4 Å². The number of pyridine rings is 1. The molecule has 2 aromatic rings. The van der Waals surface area contributed by atoms with Gasteiger partial charge in [-0.2, -0.15) is 0 Å². The molecule has 0 bridgehead atoms. The number of benzene rings is 1. The Morgan fingerprint density at radius 1 is 1.12 bits per heavy atom. The molecule has 0 radical (unpaired) electrons. The fourth-order valence-corrected chi connectivity index (χ4v) is 2.26. The van der Waals surface area contributed by atoms with Crippen LogP contribution in [0.15, 0.2) is 36.5 Å². The molecule has 8 nitrogen and oxygen atoms in total.